The van der Waals surface area contributed by atoms with Crippen molar-refractivity contribution in [2.45, 2.75) is 52.5 Å². The molecule has 1 atom stereocenters. The third kappa shape index (κ3) is 5.95. The molecule has 1 aliphatic rings. The smallest absolute Gasteiger partial charge is 0.227 e. The Balaban J connectivity index is 1.49. The van der Waals surface area contributed by atoms with Gasteiger partial charge in [-0.2, -0.15) is 0 Å². The third-order valence-corrected chi connectivity index (χ3v) is 5.04. The lowest BCUT2D eigenvalue weighted by molar-refractivity contribution is -0.121. The highest BCUT2D eigenvalue weighted by Gasteiger charge is 2.29. The molecular formula is C24H30N2O2. The first-order valence-electron chi connectivity index (χ1n) is 10.2. The Labute approximate surface area is 167 Å². The molecule has 2 N–H and O–H groups in total. The molecule has 2 amide bonds. The summed E-state index contributed by atoms with van der Waals surface area (Å²) in [6.07, 6.45) is 3.42. The van der Waals surface area contributed by atoms with Crippen LogP contribution in [0.3, 0.4) is 0 Å². The molecule has 1 aliphatic carbocycles. The summed E-state index contributed by atoms with van der Waals surface area (Å²) in [5.41, 5.74) is 4.16. The molecule has 0 aromatic heterocycles. The van der Waals surface area contributed by atoms with Gasteiger partial charge >= 0.3 is 0 Å². The summed E-state index contributed by atoms with van der Waals surface area (Å²) in [7, 11) is 0. The average molecular weight is 379 g/mol. The Hall–Kier alpha value is -2.62. The first-order valence-corrected chi connectivity index (χ1v) is 10.2. The molecule has 0 spiro atoms. The normalized spacial score (nSPS) is 14.6. The third-order valence-electron chi connectivity index (χ3n) is 5.04. The van der Waals surface area contributed by atoms with Crippen LogP contribution in [0.1, 0.15) is 56.3 Å². The zero-order chi connectivity index (χ0) is 20.1. The number of carbonyl (C=O) groups excluding carboxylic acids is 2. The monoisotopic (exact) mass is 378 g/mol. The van der Waals surface area contributed by atoms with Crippen LogP contribution < -0.4 is 10.6 Å². The van der Waals surface area contributed by atoms with Crippen molar-refractivity contribution in [2.24, 2.45) is 11.8 Å². The van der Waals surface area contributed by atoms with Crippen molar-refractivity contribution in [3.63, 3.8) is 0 Å². The van der Waals surface area contributed by atoms with Crippen molar-refractivity contribution in [2.75, 3.05) is 5.32 Å². The molecule has 148 valence electrons. The molecule has 1 saturated carbocycles. The van der Waals surface area contributed by atoms with Crippen molar-refractivity contribution in [1.29, 1.82) is 0 Å². The molecule has 4 heteroatoms. The highest BCUT2D eigenvalue weighted by molar-refractivity contribution is 5.94. The molecule has 4 nitrogen and oxygen atoms in total. The summed E-state index contributed by atoms with van der Waals surface area (Å²) in [5.74, 6) is 0.935. The summed E-state index contributed by atoms with van der Waals surface area (Å²) < 4.78 is 0. The Morgan fingerprint density at radius 1 is 0.929 bits per heavy atom. The number of carbonyl (C=O) groups is 2. The van der Waals surface area contributed by atoms with Gasteiger partial charge in [0, 0.05) is 11.6 Å². The molecule has 0 aliphatic heterocycles. The number of nitrogens with one attached hydrogen (secondary N) is 2. The quantitative estimate of drug-likeness (QED) is 0.702. The van der Waals surface area contributed by atoms with Crippen LogP contribution in [0.15, 0.2) is 48.5 Å². The molecule has 2 aromatic carbocycles. The maximum atomic E-state index is 12.4. The number of hydrogen-bond acceptors (Lipinski definition) is 2. The van der Waals surface area contributed by atoms with Crippen molar-refractivity contribution in [3.8, 4) is 0 Å². The molecule has 0 heterocycles. The van der Waals surface area contributed by atoms with Gasteiger partial charge in [0.1, 0.15) is 0 Å². The molecule has 0 saturated heterocycles. The summed E-state index contributed by atoms with van der Waals surface area (Å²) >= 11 is 0. The fourth-order valence-corrected chi connectivity index (χ4v) is 3.27. The van der Waals surface area contributed by atoms with E-state index in [1.54, 1.807) is 0 Å². The number of amides is 2. The number of benzene rings is 2. The summed E-state index contributed by atoms with van der Waals surface area (Å²) in [6.45, 7) is 6.38. The average Bonchev–Trinajstić information content (AvgIpc) is 3.48. The summed E-state index contributed by atoms with van der Waals surface area (Å²) in [6, 6.07) is 15.9. The molecule has 2 aromatic rings. The van der Waals surface area contributed by atoms with Gasteiger partial charge in [-0.05, 0) is 60.9 Å². The van der Waals surface area contributed by atoms with Crippen molar-refractivity contribution in [1.82, 2.24) is 5.32 Å². The Morgan fingerprint density at radius 3 is 2.11 bits per heavy atom. The van der Waals surface area contributed by atoms with Gasteiger partial charge in [0.25, 0.3) is 0 Å². The second-order valence-corrected chi connectivity index (χ2v) is 8.27. The van der Waals surface area contributed by atoms with Gasteiger partial charge in [-0.1, -0.05) is 50.2 Å². The molecule has 28 heavy (non-hydrogen) atoms. The lowest BCUT2D eigenvalue weighted by atomic mass is 10.0. The molecule has 0 radical (unpaired) electrons. The van der Waals surface area contributed by atoms with Gasteiger partial charge in [-0.25, -0.2) is 0 Å². The molecule has 3 rings (SSSR count). The van der Waals surface area contributed by atoms with E-state index >= 15 is 0 Å². The lowest BCUT2D eigenvalue weighted by Crippen LogP contribution is -2.28. The van der Waals surface area contributed by atoms with Crippen molar-refractivity contribution < 1.29 is 9.59 Å². The zero-order valence-electron chi connectivity index (χ0n) is 17.0. The summed E-state index contributed by atoms with van der Waals surface area (Å²) in [5, 5.41) is 5.99. The van der Waals surface area contributed by atoms with E-state index in [1.165, 1.54) is 5.56 Å². The minimum Gasteiger partial charge on any atom is -0.349 e. The van der Waals surface area contributed by atoms with Gasteiger partial charge in [0.05, 0.1) is 12.5 Å². The largest absolute Gasteiger partial charge is 0.349 e. The Kier molecular flexibility index (Phi) is 6.50. The van der Waals surface area contributed by atoms with Crippen LogP contribution in [0.25, 0.3) is 0 Å². The number of rotatable bonds is 8. The zero-order valence-corrected chi connectivity index (χ0v) is 17.0. The predicted octanol–water partition coefficient (Wildman–Crippen LogP) is 4.65. The number of hydrogen-bond donors (Lipinski definition) is 2. The maximum Gasteiger partial charge on any atom is 0.227 e. The second kappa shape index (κ2) is 9.05. The first-order chi connectivity index (χ1) is 13.4. The topological polar surface area (TPSA) is 58.2 Å². The van der Waals surface area contributed by atoms with E-state index in [0.29, 0.717) is 12.3 Å². The minimum absolute atomic E-state index is 0.00947. The van der Waals surface area contributed by atoms with E-state index in [4.69, 9.17) is 0 Å². The van der Waals surface area contributed by atoms with Crippen LogP contribution in [0.5, 0.6) is 0 Å². The van der Waals surface area contributed by atoms with E-state index < -0.39 is 0 Å². The van der Waals surface area contributed by atoms with Gasteiger partial charge in [-0.3, -0.25) is 9.59 Å². The highest BCUT2D eigenvalue weighted by atomic mass is 16.2. The van der Waals surface area contributed by atoms with Crippen LogP contribution in [-0.4, -0.2) is 11.8 Å². The van der Waals surface area contributed by atoms with Crippen LogP contribution >= 0.6 is 0 Å². The molecular weight excluding hydrogens is 348 g/mol. The van der Waals surface area contributed by atoms with Gasteiger partial charge in [0.15, 0.2) is 0 Å². The van der Waals surface area contributed by atoms with E-state index in [1.807, 2.05) is 43.3 Å². The van der Waals surface area contributed by atoms with E-state index in [2.05, 4.69) is 36.6 Å². The predicted molar refractivity (Wildman–Crippen MR) is 113 cm³/mol. The van der Waals surface area contributed by atoms with Gasteiger partial charge in [-0.15, -0.1) is 0 Å². The second-order valence-electron chi connectivity index (χ2n) is 8.27. The minimum atomic E-state index is -0.0825. The highest BCUT2D eigenvalue weighted by Crippen LogP contribution is 2.30. The van der Waals surface area contributed by atoms with Crippen LogP contribution in [0.4, 0.5) is 5.69 Å². The molecule has 0 bridgehead atoms. The SMILES string of the molecule is CC(C)Cc1ccc(CC(=O)NC(C)c2ccc(NC(=O)C3CC3)cc2)cc1. The van der Waals surface area contributed by atoms with Crippen molar-refractivity contribution in [3.05, 3.63) is 65.2 Å². The fourth-order valence-electron chi connectivity index (χ4n) is 3.27. The van der Waals surface area contributed by atoms with E-state index in [9.17, 15) is 9.59 Å². The van der Waals surface area contributed by atoms with Crippen LogP contribution in [-0.2, 0) is 22.4 Å². The van der Waals surface area contributed by atoms with Gasteiger partial charge in [0.2, 0.25) is 11.8 Å². The van der Waals surface area contributed by atoms with Crippen LogP contribution in [0.2, 0.25) is 0 Å². The fraction of sp³-hybridized carbons (Fsp3) is 0.417. The number of anilines is 1. The molecule has 1 unspecified atom stereocenters. The Bertz CT molecular complexity index is 806. The first kappa shape index (κ1) is 20.1. The lowest BCUT2D eigenvalue weighted by Gasteiger charge is -2.15. The Morgan fingerprint density at radius 2 is 1.54 bits per heavy atom. The standard InChI is InChI=1S/C24H30N2O2/c1-16(2)14-18-4-6-19(7-5-18)15-23(27)25-17(3)20-10-12-22(13-11-20)26-24(28)21-8-9-21/h4-7,10-13,16-17,21H,8-9,14-15H2,1-3H3,(H,25,27)(H,26,28). The maximum absolute atomic E-state index is 12.4. The van der Waals surface area contributed by atoms with Crippen LogP contribution in [0, 0.1) is 11.8 Å². The van der Waals surface area contributed by atoms with Gasteiger partial charge < -0.3 is 10.6 Å². The van der Waals surface area contributed by atoms with Crippen molar-refractivity contribution >= 4 is 17.5 Å². The molecule has 1 fully saturated rings. The van der Waals surface area contributed by atoms with E-state index in [-0.39, 0.29) is 23.8 Å². The summed E-state index contributed by atoms with van der Waals surface area (Å²) in [4.78, 5) is 24.2. The van der Waals surface area contributed by atoms with E-state index in [0.717, 1.165) is 36.1 Å².